The Morgan fingerprint density at radius 3 is 1.63 bits per heavy atom. The molecule has 1 radical (unpaired) electrons. The average molecular weight is 455 g/mol. The summed E-state index contributed by atoms with van der Waals surface area (Å²) >= 11 is 2.11. The summed E-state index contributed by atoms with van der Waals surface area (Å²) < 4.78 is 1.34. The fourth-order valence-electron chi connectivity index (χ4n) is 4.25. The number of fused-ring (bicyclic) bond motifs is 6. The van der Waals surface area contributed by atoms with E-state index in [-0.39, 0.29) is 0 Å². The van der Waals surface area contributed by atoms with Gasteiger partial charge in [-0.3, -0.25) is 0 Å². The van der Waals surface area contributed by atoms with Crippen LogP contribution in [0.4, 0.5) is 0 Å². The van der Waals surface area contributed by atoms with Crippen molar-refractivity contribution in [1.29, 1.82) is 0 Å². The van der Waals surface area contributed by atoms with Crippen molar-refractivity contribution in [3.05, 3.63) is 91.0 Å². The van der Waals surface area contributed by atoms with Crippen molar-refractivity contribution in [2.75, 3.05) is 0 Å². The molecule has 1 heteroatoms. The Morgan fingerprint density at radius 2 is 0.889 bits per heavy atom. The van der Waals surface area contributed by atoms with Crippen LogP contribution in [0, 0.1) is 0 Å². The van der Waals surface area contributed by atoms with Crippen molar-refractivity contribution in [2.45, 2.75) is 0 Å². The van der Waals surface area contributed by atoms with Gasteiger partial charge in [-0.2, -0.15) is 0 Å². The Labute approximate surface area is 170 Å². The van der Waals surface area contributed by atoms with Crippen LogP contribution in [0.1, 0.15) is 0 Å². The van der Waals surface area contributed by atoms with E-state index in [1.54, 1.807) is 0 Å². The van der Waals surface area contributed by atoms with Gasteiger partial charge >= 0.3 is 171 Å². The first-order chi connectivity index (χ1) is 13.3. The first-order valence-corrected chi connectivity index (χ1v) is 10.3. The fourth-order valence-corrected chi connectivity index (χ4v) is 4.97. The third kappa shape index (κ3) is 2.36. The summed E-state index contributed by atoms with van der Waals surface area (Å²) in [6.45, 7) is 0. The Bertz CT molecular complexity index is 1530. The van der Waals surface area contributed by atoms with Crippen LogP contribution in [-0.2, 0) is 0 Å². The molecule has 0 atom stereocenters. The molecule has 125 valence electrons. The zero-order valence-corrected chi connectivity index (χ0v) is 16.9. The van der Waals surface area contributed by atoms with E-state index in [1.807, 2.05) is 0 Å². The van der Waals surface area contributed by atoms with Crippen molar-refractivity contribution in [2.24, 2.45) is 0 Å². The van der Waals surface area contributed by atoms with Crippen LogP contribution < -0.4 is 3.61 Å². The van der Waals surface area contributed by atoms with Crippen molar-refractivity contribution < 1.29 is 0 Å². The van der Waals surface area contributed by atoms with Gasteiger partial charge in [0.05, 0.1) is 0 Å². The number of hydrogen-bond acceptors (Lipinski definition) is 0. The van der Waals surface area contributed by atoms with Crippen molar-refractivity contribution in [1.82, 2.24) is 0 Å². The molecule has 6 aromatic rings. The molecule has 0 aliphatic heterocycles. The molecule has 0 saturated heterocycles. The second-order valence-corrected chi connectivity index (χ2v) is 8.49. The van der Waals surface area contributed by atoms with E-state index >= 15 is 0 Å². The van der Waals surface area contributed by atoms with E-state index < -0.39 is 0 Å². The van der Waals surface area contributed by atoms with Gasteiger partial charge in [0, 0.05) is 0 Å². The molecule has 0 aliphatic rings. The first-order valence-electron chi connectivity index (χ1n) is 9.15. The maximum atomic E-state index is 2.37. The van der Waals surface area contributed by atoms with E-state index in [1.165, 1.54) is 57.5 Å². The topological polar surface area (TPSA) is 0 Å². The van der Waals surface area contributed by atoms with Crippen molar-refractivity contribution >= 4 is 79.8 Å². The standard InChI is InChI=1S/C26H15Te/c27-26-7-3-6-18-12-19-8-9-20-13-21-10-16-4-1-2-5-17(16)11-22(21)14-23(20)24(19)15-25(18)26/h1-15H. The molecule has 0 spiro atoms. The molecule has 0 heterocycles. The van der Waals surface area contributed by atoms with Crippen molar-refractivity contribution in [3.63, 3.8) is 0 Å². The molecule has 27 heavy (non-hydrogen) atoms. The summed E-state index contributed by atoms with van der Waals surface area (Å²) in [4.78, 5) is 0. The summed E-state index contributed by atoms with van der Waals surface area (Å²) in [7, 11) is 0. The van der Waals surface area contributed by atoms with Crippen LogP contribution >= 0.6 is 0 Å². The Hall–Kier alpha value is -2.59. The van der Waals surface area contributed by atoms with Crippen LogP contribution in [0.3, 0.4) is 0 Å². The van der Waals surface area contributed by atoms with Gasteiger partial charge in [-0.15, -0.1) is 0 Å². The zero-order valence-electron chi connectivity index (χ0n) is 14.6. The van der Waals surface area contributed by atoms with Crippen molar-refractivity contribution in [3.8, 4) is 0 Å². The number of benzene rings is 6. The van der Waals surface area contributed by atoms with Gasteiger partial charge in [0.1, 0.15) is 0 Å². The second kappa shape index (κ2) is 5.70. The molecule has 0 aliphatic carbocycles. The summed E-state index contributed by atoms with van der Waals surface area (Å²) in [6, 6.07) is 33.7. The van der Waals surface area contributed by atoms with Crippen LogP contribution in [0.5, 0.6) is 0 Å². The van der Waals surface area contributed by atoms with E-state index in [2.05, 4.69) is 113 Å². The molecule has 0 N–H and O–H groups in total. The molecule has 6 aromatic carbocycles. The quantitative estimate of drug-likeness (QED) is 0.145. The number of rotatable bonds is 0. The Kier molecular flexibility index (Phi) is 3.27. The molecular weight excluding hydrogens is 440 g/mol. The Morgan fingerprint density at radius 1 is 0.370 bits per heavy atom. The summed E-state index contributed by atoms with van der Waals surface area (Å²) in [6.07, 6.45) is 0. The van der Waals surface area contributed by atoms with E-state index in [4.69, 9.17) is 0 Å². The molecule has 0 bridgehead atoms. The SMILES string of the molecule is [Te]c1cccc2cc3ccc4cc5cc6ccccc6cc5cc4c3cc12. The molecule has 0 fully saturated rings. The van der Waals surface area contributed by atoms with Gasteiger partial charge in [-0.1, -0.05) is 0 Å². The maximum absolute atomic E-state index is 2.37. The van der Waals surface area contributed by atoms with Gasteiger partial charge < -0.3 is 0 Å². The third-order valence-electron chi connectivity index (χ3n) is 5.62. The second-order valence-electron chi connectivity index (χ2n) is 7.24. The third-order valence-corrected chi connectivity index (χ3v) is 6.63. The minimum absolute atomic E-state index is 1.30. The average Bonchev–Trinajstić information content (AvgIpc) is 2.70. The summed E-state index contributed by atoms with van der Waals surface area (Å²) in [5, 5.41) is 13.2. The predicted molar refractivity (Wildman–Crippen MR) is 119 cm³/mol. The van der Waals surface area contributed by atoms with E-state index in [9.17, 15) is 0 Å². The van der Waals surface area contributed by atoms with Gasteiger partial charge in [-0.05, 0) is 0 Å². The van der Waals surface area contributed by atoms with Gasteiger partial charge in [0.2, 0.25) is 0 Å². The summed E-state index contributed by atoms with van der Waals surface area (Å²) in [5.74, 6) is 0. The summed E-state index contributed by atoms with van der Waals surface area (Å²) in [5.41, 5.74) is 0. The fraction of sp³-hybridized carbons (Fsp3) is 0. The normalized spacial score (nSPS) is 11.9. The van der Waals surface area contributed by atoms with Crippen LogP contribution in [0.2, 0.25) is 0 Å². The van der Waals surface area contributed by atoms with E-state index in [0.29, 0.717) is 0 Å². The van der Waals surface area contributed by atoms with Gasteiger partial charge in [-0.25, -0.2) is 0 Å². The number of hydrogen-bond donors (Lipinski definition) is 0. The molecule has 0 nitrogen and oxygen atoms in total. The van der Waals surface area contributed by atoms with Crippen LogP contribution in [-0.4, -0.2) is 22.3 Å². The molecule has 6 rings (SSSR count). The molecule has 0 unspecified atom stereocenters. The minimum atomic E-state index is 1.30. The predicted octanol–water partition coefficient (Wildman–Crippen LogP) is 6.25. The van der Waals surface area contributed by atoms with Crippen LogP contribution in [0.25, 0.3) is 53.9 Å². The molecule has 0 aromatic heterocycles. The monoisotopic (exact) mass is 457 g/mol. The molecule has 0 saturated carbocycles. The Balaban J connectivity index is 1.78. The van der Waals surface area contributed by atoms with E-state index in [0.717, 1.165) is 0 Å². The van der Waals surface area contributed by atoms with Crippen LogP contribution in [0.15, 0.2) is 91.0 Å². The van der Waals surface area contributed by atoms with Gasteiger partial charge in [0.15, 0.2) is 0 Å². The molecule has 0 amide bonds. The first kappa shape index (κ1) is 15.5. The van der Waals surface area contributed by atoms with Gasteiger partial charge in [0.25, 0.3) is 0 Å². The zero-order chi connectivity index (χ0) is 18.0. The molecular formula is C26H15Te.